The maximum absolute atomic E-state index is 4.68. The summed E-state index contributed by atoms with van der Waals surface area (Å²) >= 11 is 0. The van der Waals surface area contributed by atoms with Crippen LogP contribution in [0.2, 0.25) is 0 Å². The molecule has 112 valence electrons. The molecule has 3 rings (SSSR count). The summed E-state index contributed by atoms with van der Waals surface area (Å²) in [6.07, 6.45) is 2.34. The fraction of sp³-hybridized carbons (Fsp3) is 0.500. The van der Waals surface area contributed by atoms with Crippen molar-refractivity contribution in [3.05, 3.63) is 36.0 Å². The van der Waals surface area contributed by atoms with Gasteiger partial charge in [0.2, 0.25) is 0 Å². The lowest BCUT2D eigenvalue weighted by molar-refractivity contribution is 0.379. The molecule has 0 spiro atoms. The van der Waals surface area contributed by atoms with E-state index in [1.807, 2.05) is 0 Å². The molecule has 3 nitrogen and oxygen atoms in total. The third-order valence-electron chi connectivity index (χ3n) is 4.60. The zero-order valence-electron chi connectivity index (χ0n) is 13.3. The Kier molecular flexibility index (Phi) is 4.11. The van der Waals surface area contributed by atoms with Crippen LogP contribution in [-0.4, -0.2) is 30.2 Å². The van der Waals surface area contributed by atoms with Gasteiger partial charge >= 0.3 is 0 Å². The topological polar surface area (TPSA) is 28.2 Å². The lowest BCUT2D eigenvalue weighted by Gasteiger charge is -2.42. The Morgan fingerprint density at radius 3 is 2.81 bits per heavy atom. The molecule has 0 bridgehead atoms. The van der Waals surface area contributed by atoms with Gasteiger partial charge < -0.3 is 10.2 Å². The lowest BCUT2D eigenvalue weighted by atomic mass is 10.0. The molecule has 0 saturated carbocycles. The zero-order chi connectivity index (χ0) is 14.8. The summed E-state index contributed by atoms with van der Waals surface area (Å²) in [5, 5.41) is 4.95. The smallest absolute Gasteiger partial charge is 0.0726 e. The van der Waals surface area contributed by atoms with Crippen LogP contribution >= 0.6 is 0 Å². The van der Waals surface area contributed by atoms with E-state index >= 15 is 0 Å². The molecule has 2 aromatic rings. The molecule has 0 aliphatic carbocycles. The lowest BCUT2D eigenvalue weighted by Crippen LogP contribution is -2.56. The van der Waals surface area contributed by atoms with Gasteiger partial charge in [-0.2, -0.15) is 0 Å². The number of nitrogens with zero attached hydrogens (tertiary/aromatic N) is 2. The summed E-state index contributed by atoms with van der Waals surface area (Å²) in [5.74, 6) is 0. The predicted octanol–water partition coefficient (Wildman–Crippen LogP) is 3.51. The van der Waals surface area contributed by atoms with Crippen LogP contribution < -0.4 is 10.2 Å². The van der Waals surface area contributed by atoms with Gasteiger partial charge in [0.25, 0.3) is 0 Å². The third-order valence-corrected chi connectivity index (χ3v) is 4.60. The average Bonchev–Trinajstić information content (AvgIpc) is 2.53. The maximum Gasteiger partial charge on any atom is 0.0726 e. The molecule has 1 N–H and O–H groups in total. The van der Waals surface area contributed by atoms with Crippen LogP contribution in [0.15, 0.2) is 30.3 Å². The minimum Gasteiger partial charge on any atom is -0.365 e. The number of hydrogen-bond donors (Lipinski definition) is 1. The third kappa shape index (κ3) is 2.75. The molecule has 1 aliphatic rings. The second-order valence-corrected chi connectivity index (χ2v) is 6.03. The number of fused-ring (bicyclic) bond motifs is 1. The van der Waals surface area contributed by atoms with Crippen molar-refractivity contribution in [2.24, 2.45) is 0 Å². The molecule has 2 heterocycles. The number of anilines is 1. The van der Waals surface area contributed by atoms with Gasteiger partial charge in [-0.05, 0) is 31.9 Å². The highest BCUT2D eigenvalue weighted by Gasteiger charge is 2.27. The van der Waals surface area contributed by atoms with Gasteiger partial charge in [-0.1, -0.05) is 32.0 Å². The van der Waals surface area contributed by atoms with Crippen LogP contribution in [0.5, 0.6) is 0 Å². The van der Waals surface area contributed by atoms with Crippen molar-refractivity contribution in [1.82, 2.24) is 10.3 Å². The summed E-state index contributed by atoms with van der Waals surface area (Å²) in [7, 11) is 0. The molecule has 3 heteroatoms. The molecule has 1 fully saturated rings. The zero-order valence-corrected chi connectivity index (χ0v) is 13.3. The minimum atomic E-state index is 0.568. The Bertz CT molecular complexity index is 623. The first-order valence-corrected chi connectivity index (χ1v) is 8.09. The van der Waals surface area contributed by atoms with E-state index in [4.69, 9.17) is 0 Å². The molecular weight excluding hydrogens is 258 g/mol. The maximum atomic E-state index is 4.68. The van der Waals surface area contributed by atoms with Crippen molar-refractivity contribution in [1.29, 1.82) is 0 Å². The van der Waals surface area contributed by atoms with Gasteiger partial charge in [0.1, 0.15) is 0 Å². The van der Waals surface area contributed by atoms with Crippen molar-refractivity contribution in [2.75, 3.05) is 18.0 Å². The fourth-order valence-electron chi connectivity index (χ4n) is 3.32. The summed E-state index contributed by atoms with van der Waals surface area (Å²) in [6.45, 7) is 8.80. The number of nitrogens with one attached hydrogen (secondary N) is 1. The SMILES string of the molecule is CCC1CN(c2cc(C)nc3ccccc23)C(CC)CN1. The van der Waals surface area contributed by atoms with Crippen molar-refractivity contribution in [3.8, 4) is 0 Å². The number of hydrogen-bond acceptors (Lipinski definition) is 3. The highest BCUT2D eigenvalue weighted by Crippen LogP contribution is 2.30. The second kappa shape index (κ2) is 6.02. The molecule has 21 heavy (non-hydrogen) atoms. The van der Waals surface area contributed by atoms with Gasteiger partial charge in [0, 0.05) is 41.9 Å². The van der Waals surface area contributed by atoms with E-state index in [2.05, 4.69) is 66.3 Å². The minimum absolute atomic E-state index is 0.568. The fourth-order valence-corrected chi connectivity index (χ4v) is 3.32. The highest BCUT2D eigenvalue weighted by atomic mass is 15.2. The van der Waals surface area contributed by atoms with Gasteiger partial charge in [-0.25, -0.2) is 0 Å². The monoisotopic (exact) mass is 283 g/mol. The standard InChI is InChI=1S/C18H25N3/c1-4-14-12-21(15(5-2)11-19-14)18-10-13(3)20-17-9-7-6-8-16(17)18/h6-10,14-15,19H,4-5,11-12H2,1-3H3. The first-order valence-electron chi connectivity index (χ1n) is 8.09. The number of benzene rings is 1. The highest BCUT2D eigenvalue weighted by molar-refractivity contribution is 5.92. The summed E-state index contributed by atoms with van der Waals surface area (Å²) in [5.41, 5.74) is 3.56. The Balaban J connectivity index is 2.08. The number of aromatic nitrogens is 1. The Morgan fingerprint density at radius 1 is 1.24 bits per heavy atom. The number of rotatable bonds is 3. The van der Waals surface area contributed by atoms with Crippen LogP contribution in [0.25, 0.3) is 10.9 Å². The molecular formula is C18H25N3. The van der Waals surface area contributed by atoms with Crippen molar-refractivity contribution in [3.63, 3.8) is 0 Å². The Hall–Kier alpha value is -1.61. The van der Waals surface area contributed by atoms with E-state index in [-0.39, 0.29) is 0 Å². The first kappa shape index (κ1) is 14.3. The van der Waals surface area contributed by atoms with Crippen LogP contribution in [0, 0.1) is 6.92 Å². The van der Waals surface area contributed by atoms with Crippen molar-refractivity contribution in [2.45, 2.75) is 45.7 Å². The van der Waals surface area contributed by atoms with Gasteiger partial charge in [-0.3, -0.25) is 4.98 Å². The van der Waals surface area contributed by atoms with E-state index in [1.165, 1.54) is 23.9 Å². The largest absolute Gasteiger partial charge is 0.365 e. The first-order chi connectivity index (χ1) is 10.2. The van der Waals surface area contributed by atoms with Gasteiger partial charge in [-0.15, -0.1) is 0 Å². The van der Waals surface area contributed by atoms with Crippen LogP contribution in [0.4, 0.5) is 5.69 Å². The van der Waals surface area contributed by atoms with E-state index in [0.717, 1.165) is 24.3 Å². The van der Waals surface area contributed by atoms with Crippen molar-refractivity contribution >= 4 is 16.6 Å². The van der Waals surface area contributed by atoms with Gasteiger partial charge in [0.05, 0.1) is 5.52 Å². The van der Waals surface area contributed by atoms with Gasteiger partial charge in [0.15, 0.2) is 0 Å². The molecule has 2 atom stereocenters. The molecule has 1 saturated heterocycles. The Morgan fingerprint density at radius 2 is 2.05 bits per heavy atom. The number of aryl methyl sites for hydroxylation is 1. The van der Waals surface area contributed by atoms with E-state index in [0.29, 0.717) is 12.1 Å². The van der Waals surface area contributed by atoms with Crippen LogP contribution in [-0.2, 0) is 0 Å². The molecule has 0 amide bonds. The number of pyridine rings is 1. The summed E-state index contributed by atoms with van der Waals surface area (Å²) in [4.78, 5) is 7.28. The van der Waals surface area contributed by atoms with E-state index < -0.39 is 0 Å². The van der Waals surface area contributed by atoms with Crippen LogP contribution in [0.1, 0.15) is 32.4 Å². The molecule has 1 aromatic carbocycles. The summed E-state index contributed by atoms with van der Waals surface area (Å²) < 4.78 is 0. The number of piperazine rings is 1. The second-order valence-electron chi connectivity index (χ2n) is 6.03. The molecule has 2 unspecified atom stereocenters. The van der Waals surface area contributed by atoms with E-state index in [9.17, 15) is 0 Å². The normalized spacial score (nSPS) is 22.7. The molecule has 1 aromatic heterocycles. The summed E-state index contributed by atoms with van der Waals surface area (Å²) in [6, 6.07) is 11.9. The van der Waals surface area contributed by atoms with E-state index in [1.54, 1.807) is 0 Å². The Labute approximate surface area is 127 Å². The molecule has 0 radical (unpaired) electrons. The average molecular weight is 283 g/mol. The quantitative estimate of drug-likeness (QED) is 0.934. The van der Waals surface area contributed by atoms with Crippen LogP contribution in [0.3, 0.4) is 0 Å². The predicted molar refractivity (Wildman–Crippen MR) is 90.0 cm³/mol. The number of para-hydroxylation sites is 1. The van der Waals surface area contributed by atoms with Crippen molar-refractivity contribution < 1.29 is 0 Å². The molecule has 1 aliphatic heterocycles.